The molecule has 0 radical (unpaired) electrons. The molecule has 0 aliphatic carbocycles. The second kappa shape index (κ2) is 4.08. The second-order valence-electron chi connectivity index (χ2n) is 3.02. The molecule has 0 N–H and O–H groups in total. The van der Waals surface area contributed by atoms with Crippen molar-refractivity contribution >= 4 is 28.7 Å². The molecule has 0 fully saturated rings. The van der Waals surface area contributed by atoms with Gasteiger partial charge in [0.1, 0.15) is 0 Å². The van der Waals surface area contributed by atoms with Gasteiger partial charge in [-0.3, -0.25) is 4.79 Å². The zero-order chi connectivity index (χ0) is 10.8. The third kappa shape index (κ3) is 2.22. The normalized spacial score (nSPS) is 10.3. The van der Waals surface area contributed by atoms with Crippen molar-refractivity contribution in [2.75, 3.05) is 0 Å². The first kappa shape index (κ1) is 10.3. The minimum absolute atomic E-state index is 0.188. The van der Waals surface area contributed by atoms with Gasteiger partial charge >= 0.3 is 0 Å². The molecular weight excluding hydrogens is 232 g/mol. The molecule has 2 aromatic heterocycles. The molecule has 2 aromatic rings. The van der Waals surface area contributed by atoms with Gasteiger partial charge in [-0.15, -0.1) is 11.3 Å². The molecule has 0 amide bonds. The van der Waals surface area contributed by atoms with Crippen molar-refractivity contribution in [3.8, 4) is 0 Å². The molecule has 0 saturated carbocycles. The van der Waals surface area contributed by atoms with Crippen LogP contribution in [0.1, 0.15) is 21.1 Å². The quantitative estimate of drug-likeness (QED) is 0.756. The molecule has 0 unspecified atom stereocenters. The van der Waals surface area contributed by atoms with Crippen molar-refractivity contribution in [2.24, 2.45) is 0 Å². The Bertz CT molecular complexity index is 492. The Balaban J connectivity index is 2.32. The van der Waals surface area contributed by atoms with Gasteiger partial charge in [-0.25, -0.2) is 9.97 Å². The van der Waals surface area contributed by atoms with E-state index in [1.165, 1.54) is 11.3 Å². The van der Waals surface area contributed by atoms with Gasteiger partial charge in [0.05, 0.1) is 9.21 Å². The van der Waals surface area contributed by atoms with Gasteiger partial charge in [-0.05, 0) is 24.6 Å². The summed E-state index contributed by atoms with van der Waals surface area (Å²) in [5.41, 5.74) is 0.927. The first-order valence-corrected chi connectivity index (χ1v) is 5.45. The van der Waals surface area contributed by atoms with Crippen LogP contribution < -0.4 is 0 Å². The lowest BCUT2D eigenvalue weighted by molar-refractivity contribution is 0.103. The lowest BCUT2D eigenvalue weighted by Gasteiger charge is -1.96. The molecule has 0 spiro atoms. The molecule has 0 aliphatic heterocycles. The smallest absolute Gasteiger partial charge is 0.240 e. The maximum atomic E-state index is 11.8. The van der Waals surface area contributed by atoms with E-state index in [0.29, 0.717) is 9.21 Å². The molecule has 76 valence electrons. The molecule has 0 atom stereocenters. The Morgan fingerprint density at radius 3 is 2.53 bits per heavy atom. The molecule has 3 nitrogen and oxygen atoms in total. The summed E-state index contributed by atoms with van der Waals surface area (Å²) in [6.45, 7) is 1.87. The molecular formula is C10H7ClN2OS. The Labute approximate surface area is 95.8 Å². The van der Waals surface area contributed by atoms with Crippen molar-refractivity contribution < 1.29 is 4.79 Å². The number of hydrogen-bond acceptors (Lipinski definition) is 4. The van der Waals surface area contributed by atoms with E-state index < -0.39 is 0 Å². The topological polar surface area (TPSA) is 42.9 Å². The first-order valence-electron chi connectivity index (χ1n) is 4.25. The van der Waals surface area contributed by atoms with Gasteiger partial charge in [0.25, 0.3) is 0 Å². The van der Waals surface area contributed by atoms with Crippen molar-refractivity contribution in [1.29, 1.82) is 0 Å². The number of carbonyl (C=O) groups excluding carboxylic acids is 1. The average molecular weight is 239 g/mol. The SMILES string of the molecule is Cc1cnc(C(=O)c2ccc(Cl)s2)nc1. The summed E-state index contributed by atoms with van der Waals surface area (Å²) >= 11 is 6.97. The Kier molecular flexibility index (Phi) is 2.79. The van der Waals surface area contributed by atoms with Crippen LogP contribution in [0.15, 0.2) is 24.5 Å². The third-order valence-electron chi connectivity index (χ3n) is 1.78. The Hall–Kier alpha value is -1.26. The summed E-state index contributed by atoms with van der Waals surface area (Å²) in [7, 11) is 0. The summed E-state index contributed by atoms with van der Waals surface area (Å²) in [4.78, 5) is 20.3. The molecule has 2 heterocycles. The highest BCUT2D eigenvalue weighted by atomic mass is 35.5. The van der Waals surface area contributed by atoms with Crippen LogP contribution in [-0.2, 0) is 0 Å². The van der Waals surface area contributed by atoms with E-state index in [-0.39, 0.29) is 11.6 Å². The van der Waals surface area contributed by atoms with Crippen molar-refractivity contribution in [1.82, 2.24) is 9.97 Å². The monoisotopic (exact) mass is 238 g/mol. The van der Waals surface area contributed by atoms with E-state index in [1.54, 1.807) is 24.5 Å². The predicted molar refractivity (Wildman–Crippen MR) is 59.5 cm³/mol. The van der Waals surface area contributed by atoms with Crippen molar-refractivity contribution in [2.45, 2.75) is 6.92 Å². The molecule has 0 aromatic carbocycles. The number of aromatic nitrogens is 2. The summed E-state index contributed by atoms with van der Waals surface area (Å²) < 4.78 is 0.588. The fourth-order valence-corrected chi connectivity index (χ4v) is 2.03. The van der Waals surface area contributed by atoms with E-state index >= 15 is 0 Å². The highest BCUT2D eigenvalue weighted by molar-refractivity contribution is 7.18. The highest BCUT2D eigenvalue weighted by Crippen LogP contribution is 2.22. The van der Waals surface area contributed by atoms with Gasteiger partial charge in [0.2, 0.25) is 11.6 Å². The minimum atomic E-state index is -0.188. The van der Waals surface area contributed by atoms with Gasteiger partial charge in [0, 0.05) is 12.4 Å². The number of ketones is 1. The van der Waals surface area contributed by atoms with E-state index in [9.17, 15) is 4.79 Å². The lowest BCUT2D eigenvalue weighted by Crippen LogP contribution is -2.04. The van der Waals surface area contributed by atoms with Crippen LogP contribution in [-0.4, -0.2) is 15.8 Å². The van der Waals surface area contributed by atoms with Crippen LogP contribution in [0.5, 0.6) is 0 Å². The van der Waals surface area contributed by atoms with E-state index in [0.717, 1.165) is 5.56 Å². The van der Waals surface area contributed by atoms with Crippen LogP contribution in [0.4, 0.5) is 0 Å². The largest absolute Gasteiger partial charge is 0.284 e. The zero-order valence-corrected chi connectivity index (χ0v) is 9.47. The van der Waals surface area contributed by atoms with E-state index in [2.05, 4.69) is 9.97 Å². The molecule has 0 saturated heterocycles. The van der Waals surface area contributed by atoms with Crippen LogP contribution in [0.3, 0.4) is 0 Å². The van der Waals surface area contributed by atoms with Gasteiger partial charge in [0.15, 0.2) is 0 Å². The number of carbonyl (C=O) groups is 1. The number of nitrogens with zero attached hydrogens (tertiary/aromatic N) is 2. The van der Waals surface area contributed by atoms with Gasteiger partial charge < -0.3 is 0 Å². The summed E-state index contributed by atoms with van der Waals surface area (Å²) in [5, 5.41) is 0. The number of thiophene rings is 1. The van der Waals surface area contributed by atoms with Gasteiger partial charge in [-0.2, -0.15) is 0 Å². The van der Waals surface area contributed by atoms with Crippen LogP contribution in [0.25, 0.3) is 0 Å². The minimum Gasteiger partial charge on any atom is -0.284 e. The third-order valence-corrected chi connectivity index (χ3v) is 3.01. The summed E-state index contributed by atoms with van der Waals surface area (Å²) in [5.74, 6) is 0.0195. The average Bonchev–Trinajstić information content (AvgIpc) is 2.65. The van der Waals surface area contributed by atoms with Crippen LogP contribution >= 0.6 is 22.9 Å². The van der Waals surface area contributed by atoms with Gasteiger partial charge in [-0.1, -0.05) is 11.6 Å². The van der Waals surface area contributed by atoms with E-state index in [1.807, 2.05) is 6.92 Å². The number of rotatable bonds is 2. The van der Waals surface area contributed by atoms with Crippen LogP contribution in [0.2, 0.25) is 4.34 Å². The zero-order valence-electron chi connectivity index (χ0n) is 7.90. The standard InChI is InChI=1S/C10H7ClN2OS/c1-6-4-12-10(13-5-6)9(14)7-2-3-8(11)15-7/h2-5H,1H3. The molecule has 0 bridgehead atoms. The first-order chi connectivity index (χ1) is 7.16. The fourth-order valence-electron chi connectivity index (χ4n) is 1.06. The van der Waals surface area contributed by atoms with Crippen molar-refractivity contribution in [3.05, 3.63) is 45.1 Å². The predicted octanol–water partition coefficient (Wildman–Crippen LogP) is 2.73. The molecule has 2 rings (SSSR count). The Morgan fingerprint density at radius 2 is 2.00 bits per heavy atom. The van der Waals surface area contributed by atoms with Crippen molar-refractivity contribution in [3.63, 3.8) is 0 Å². The number of aryl methyl sites for hydroxylation is 1. The molecule has 0 aliphatic rings. The summed E-state index contributed by atoms with van der Waals surface area (Å²) in [6.07, 6.45) is 3.24. The van der Waals surface area contributed by atoms with E-state index in [4.69, 9.17) is 11.6 Å². The Morgan fingerprint density at radius 1 is 1.33 bits per heavy atom. The fraction of sp³-hybridized carbons (Fsp3) is 0.100. The highest BCUT2D eigenvalue weighted by Gasteiger charge is 2.13. The molecule has 15 heavy (non-hydrogen) atoms. The number of hydrogen-bond donors (Lipinski definition) is 0. The second-order valence-corrected chi connectivity index (χ2v) is 4.73. The maximum absolute atomic E-state index is 11.8. The van der Waals surface area contributed by atoms with Crippen LogP contribution in [0, 0.1) is 6.92 Å². The maximum Gasteiger partial charge on any atom is 0.240 e. The summed E-state index contributed by atoms with van der Waals surface area (Å²) in [6, 6.07) is 3.37. The number of halogens is 1. The molecule has 5 heteroatoms. The lowest BCUT2D eigenvalue weighted by atomic mass is 10.3.